The fourth-order valence-electron chi connectivity index (χ4n) is 13.4. The standard InChI is InChI=1S/C47H72N6O10.C47H70N6O9/c1-16-28(5)39(44(58)59)51-38(54)26-52(14)43(57)36(25-34-20-22-35(49-13)23-21-34)53(15)42(56)33(10)50-41(55)37(24-27(3)4)62-45(60)31(8)19-18-30(7)32(9)40(29(6)17-2)63-46(61)47(11,12)48;1-16-28(5)39-42(56)51-47(11,12)46(60)62-40(29(6)17-2)32(9)30(7)18-19-31(8)45(59)61-37(24-27(3)4)41(55)49-33(10)43(57)53(15)36(44(58)52(14)26-38(54)50-39)25-34-20-22-35(48-13)23-21-34/h17,19-23,27-28,30,32-33,36-37,39-40H,16,18,24-26,48H2,1-12,14-15H3,(H,50,55)(H,51,54)(H,58,59);17,19-23,27-28,30,32-33,36-37,39-40H,16,18,24-26H2,1-12,14-15H3,(H,49,55)(H,50,54)(H,51,56)/b2*29-17+,31-19+/t2*28?,30-,32-,33-,36+,37+,39-,40+/m00/s1. The summed E-state index contributed by atoms with van der Waals surface area (Å²) in [5.41, 5.74) is 7.47. The minimum absolute atomic E-state index is 0.0000831. The van der Waals surface area contributed by atoms with Crippen LogP contribution in [0.3, 0.4) is 0 Å². The summed E-state index contributed by atoms with van der Waals surface area (Å²) < 4.78 is 23.4. The molecule has 9 amide bonds. The van der Waals surface area contributed by atoms with E-state index in [-0.39, 0.29) is 84.2 Å². The van der Waals surface area contributed by atoms with Crippen LogP contribution < -0.4 is 32.3 Å². The van der Waals surface area contributed by atoms with Crippen LogP contribution in [0.2, 0.25) is 0 Å². The first-order valence-corrected chi connectivity index (χ1v) is 43.0. The number of ether oxygens (including phenoxy) is 4. The number of rotatable bonds is 31. The first-order chi connectivity index (χ1) is 58.1. The number of nitrogens with zero attached hydrogens (tertiary/aromatic N) is 6. The summed E-state index contributed by atoms with van der Waals surface area (Å²) in [7, 11) is 5.58. The smallest absolute Gasteiger partial charge is 0.334 e. The van der Waals surface area contributed by atoms with Crippen molar-refractivity contribution in [3.8, 4) is 0 Å². The molecule has 2 unspecified atom stereocenters. The van der Waals surface area contributed by atoms with Gasteiger partial charge in [0.2, 0.25) is 41.4 Å². The van der Waals surface area contributed by atoms with Gasteiger partial charge in [-0.05, 0) is 178 Å². The molecule has 1 aliphatic rings. The average molecular weight is 1740 g/mol. The van der Waals surface area contributed by atoms with E-state index in [4.69, 9.17) is 37.8 Å². The fourth-order valence-corrected chi connectivity index (χ4v) is 13.4. The maximum atomic E-state index is 14.3. The summed E-state index contributed by atoms with van der Waals surface area (Å²) >= 11 is 0. The molecule has 0 spiro atoms. The number of hydrogen-bond donors (Lipinski definition) is 7. The van der Waals surface area contributed by atoms with E-state index in [1.807, 2.05) is 102 Å². The van der Waals surface area contributed by atoms with Crippen molar-refractivity contribution in [2.24, 2.45) is 53.1 Å². The molecule has 2 aromatic carbocycles. The number of nitrogens with two attached hydrogens (primary N) is 1. The Morgan fingerprint density at radius 1 is 0.760 bits per heavy atom. The van der Waals surface area contributed by atoms with Crippen LogP contribution in [0, 0.1) is 60.5 Å². The molecular weight excluding hydrogens is 1600 g/mol. The Morgan fingerprint density at radius 3 is 1.83 bits per heavy atom. The first-order valence-electron chi connectivity index (χ1n) is 43.0. The van der Waals surface area contributed by atoms with E-state index >= 15 is 0 Å². The van der Waals surface area contributed by atoms with E-state index in [0.29, 0.717) is 48.2 Å². The Morgan fingerprint density at radius 2 is 1.33 bits per heavy atom. The summed E-state index contributed by atoms with van der Waals surface area (Å²) in [6.07, 6.45) is 5.61. The van der Waals surface area contributed by atoms with Gasteiger partial charge in [-0.15, -0.1) is 0 Å². The number of carboxylic acids is 1. The molecule has 0 radical (unpaired) electrons. The molecule has 0 bridgehead atoms. The highest BCUT2D eigenvalue weighted by Crippen LogP contribution is 2.31. The number of nitrogens with one attached hydrogen (secondary N) is 5. The third kappa shape index (κ3) is 34.8. The van der Waals surface area contributed by atoms with Gasteiger partial charge in [-0.3, -0.25) is 47.9 Å². The maximum absolute atomic E-state index is 14.3. The maximum Gasteiger partial charge on any atom is 0.334 e. The lowest BCUT2D eigenvalue weighted by molar-refractivity contribution is -0.159. The summed E-state index contributed by atoms with van der Waals surface area (Å²) in [6.45, 7) is 55.8. The zero-order valence-corrected chi connectivity index (χ0v) is 78.9. The van der Waals surface area contributed by atoms with E-state index in [1.54, 1.807) is 109 Å². The SMILES string of the molecule is [C-]#[N+]c1ccc(C[C@@H]2C(=O)N(C)CC(=O)N[C@@H](C(C)CC)C(=O)NC(C)(C)C(=O)O[C@H](/C(C)=C/C)[C@@H](C)[C@@H](C)C/C=C(\C)C(=O)O[C@H](CC(C)C)C(=O)N[C@@H](C)C(=O)N2C)cc1.[C-]#[N+]c1ccc(C[C@H](C(=O)N(C)CC(=O)N[C@H](C(=O)O)C(C)CC)N(C)C(=O)[C@H](C)NC(=O)[C@@H](CC(C)C)OC(=O)/C(C)=C/C[C@H](C)[C@H](C)[C@H](OC(=O)C(C)(C)N)/C(C)=C/C)cc1. The molecule has 1 aliphatic heterocycles. The molecule has 0 saturated carbocycles. The van der Waals surface area contributed by atoms with Crippen LogP contribution in [0.1, 0.15) is 216 Å². The zero-order chi connectivity index (χ0) is 95.7. The van der Waals surface area contributed by atoms with Crippen molar-refractivity contribution in [3.05, 3.63) is 129 Å². The van der Waals surface area contributed by atoms with Crippen molar-refractivity contribution in [3.63, 3.8) is 0 Å². The number of allylic oxidation sites excluding steroid dienone is 4. The molecule has 2 aromatic rings. The highest BCUT2D eigenvalue weighted by atomic mass is 16.6. The summed E-state index contributed by atoms with van der Waals surface area (Å²) in [4.78, 5) is 201. The van der Waals surface area contributed by atoms with E-state index in [1.165, 1.54) is 65.7 Å². The lowest BCUT2D eigenvalue weighted by Gasteiger charge is -2.34. The lowest BCUT2D eigenvalue weighted by atomic mass is 9.84. The predicted octanol–water partition coefficient (Wildman–Crippen LogP) is 10.8. The number of aliphatic carboxylic acids is 1. The molecule has 1 heterocycles. The minimum Gasteiger partial charge on any atom is -0.480 e. The first kappa shape index (κ1) is 110. The molecule has 692 valence electrons. The topological polar surface area (TPSA) is 404 Å². The molecule has 125 heavy (non-hydrogen) atoms. The number of likely N-dealkylation sites (N-methyl/N-ethyl adjacent to an activating group) is 4. The Balaban J connectivity index is 0.000000847. The van der Waals surface area contributed by atoms with E-state index in [0.717, 1.165) is 20.9 Å². The van der Waals surface area contributed by atoms with Crippen LogP contribution in [-0.4, -0.2) is 221 Å². The van der Waals surface area contributed by atoms with Gasteiger partial charge < -0.3 is 76.0 Å². The fraction of sp³-hybridized carbons (Fsp3) is 0.617. The molecule has 31 heteroatoms. The average Bonchev–Trinajstić information content (AvgIpc) is 0.830. The second-order valence-electron chi connectivity index (χ2n) is 35.5. The van der Waals surface area contributed by atoms with E-state index in [9.17, 15) is 72.2 Å². The van der Waals surface area contributed by atoms with Gasteiger partial charge in [0.25, 0.3) is 11.8 Å². The van der Waals surface area contributed by atoms with Crippen molar-refractivity contribution < 1.29 is 91.2 Å². The van der Waals surface area contributed by atoms with Crippen LogP contribution in [-0.2, 0) is 98.9 Å². The Kier molecular flexibility index (Phi) is 45.2. The summed E-state index contributed by atoms with van der Waals surface area (Å²) in [6, 6.07) is 6.02. The summed E-state index contributed by atoms with van der Waals surface area (Å²) in [5, 5.41) is 23.0. The second kappa shape index (κ2) is 51.4. The molecule has 0 aliphatic carbocycles. The molecule has 0 saturated heterocycles. The highest BCUT2D eigenvalue weighted by molar-refractivity contribution is 5.98. The third-order valence-corrected chi connectivity index (χ3v) is 23.0. The molecular formula is C94H142N12O19. The van der Waals surface area contributed by atoms with Crippen LogP contribution >= 0.6 is 0 Å². The molecule has 8 N–H and O–H groups in total. The number of benzene rings is 2. The Labute approximate surface area is 740 Å². The number of amides is 9. The number of carbonyl (C=O) groups is 14. The normalized spacial score (nSPS) is 21.6. The number of cyclic esters (lactones) is 2. The molecule has 0 aromatic heterocycles. The van der Waals surface area contributed by atoms with Gasteiger partial charge >= 0.3 is 29.8 Å². The van der Waals surface area contributed by atoms with Crippen LogP contribution in [0.15, 0.2) is 95.1 Å². The summed E-state index contributed by atoms with van der Waals surface area (Å²) in [5.74, 6) is -11.2. The molecule has 3 rings (SSSR count). The molecule has 0 fully saturated rings. The van der Waals surface area contributed by atoms with E-state index < -0.39 is 168 Å². The lowest BCUT2D eigenvalue weighted by Crippen LogP contribution is -2.60. The number of carboxylic acid groups (broad SMARTS) is 1. The van der Waals surface area contributed by atoms with Crippen molar-refractivity contribution in [1.29, 1.82) is 0 Å². The van der Waals surface area contributed by atoms with Crippen LogP contribution in [0.4, 0.5) is 11.4 Å². The monoisotopic (exact) mass is 1740 g/mol. The van der Waals surface area contributed by atoms with Gasteiger partial charge in [-0.25, -0.2) is 28.9 Å². The largest absolute Gasteiger partial charge is 0.480 e. The Bertz CT molecular complexity index is 4280. The zero-order valence-electron chi connectivity index (χ0n) is 78.9. The van der Waals surface area contributed by atoms with Gasteiger partial charge in [-0.2, -0.15) is 0 Å². The highest BCUT2D eigenvalue weighted by Gasteiger charge is 2.42. The number of esters is 4. The number of carbonyl (C=O) groups excluding carboxylic acids is 13. The second-order valence-corrected chi connectivity index (χ2v) is 35.5. The minimum atomic E-state index is -1.52. The van der Waals surface area contributed by atoms with Gasteiger partial charge in [0.15, 0.2) is 23.6 Å². The molecule has 16 atom stereocenters. The van der Waals surface area contributed by atoms with Crippen molar-refractivity contribution in [1.82, 2.24) is 46.2 Å². The molecule has 31 nitrogen and oxygen atoms in total. The quantitative estimate of drug-likeness (QED) is 0.0121. The third-order valence-electron chi connectivity index (χ3n) is 23.0. The van der Waals surface area contributed by atoms with Crippen LogP contribution in [0.25, 0.3) is 9.69 Å². The van der Waals surface area contributed by atoms with Gasteiger partial charge in [0.1, 0.15) is 59.5 Å². The van der Waals surface area contributed by atoms with Crippen molar-refractivity contribution in [2.45, 2.75) is 289 Å². The van der Waals surface area contributed by atoms with E-state index in [2.05, 4.69) is 36.3 Å². The van der Waals surface area contributed by atoms with Crippen LogP contribution in [0.5, 0.6) is 0 Å². The number of hydrogen-bond acceptors (Lipinski definition) is 19. The van der Waals surface area contributed by atoms with Crippen molar-refractivity contribution in [2.75, 3.05) is 41.3 Å². The van der Waals surface area contributed by atoms with Gasteiger partial charge in [0, 0.05) is 52.2 Å². The predicted molar refractivity (Wildman–Crippen MR) is 478 cm³/mol. The van der Waals surface area contributed by atoms with Gasteiger partial charge in [0.05, 0.1) is 26.2 Å². The van der Waals surface area contributed by atoms with Crippen molar-refractivity contribution >= 4 is 94.4 Å². The van der Waals surface area contributed by atoms with Gasteiger partial charge in [-0.1, -0.05) is 169 Å². The Hall–Kier alpha value is -11.1.